The molecule has 23 heavy (non-hydrogen) atoms. The lowest BCUT2D eigenvalue weighted by molar-refractivity contribution is 0.145. The fourth-order valence-electron chi connectivity index (χ4n) is 1.73. The van der Waals surface area contributed by atoms with Gasteiger partial charge >= 0.3 is 6.09 Å². The molecule has 1 aromatic heterocycles. The van der Waals surface area contributed by atoms with Gasteiger partial charge in [-0.05, 0) is 24.1 Å². The van der Waals surface area contributed by atoms with E-state index in [1.165, 1.54) is 0 Å². The molecule has 0 aliphatic heterocycles. The largest absolute Gasteiger partial charge is 0.448 e. The third-order valence-electron chi connectivity index (χ3n) is 2.87. The van der Waals surface area contributed by atoms with Crippen LogP contribution in [0.15, 0.2) is 24.5 Å². The SMILES string of the molecule is CCCCNC(=O)OCCNC(CN)c1ccncc1.Cl.Cl.Cl. The number of rotatable bonds is 9. The van der Waals surface area contributed by atoms with E-state index in [0.29, 0.717) is 26.2 Å². The van der Waals surface area contributed by atoms with Crippen LogP contribution in [0.5, 0.6) is 0 Å². The topological polar surface area (TPSA) is 89.3 Å². The van der Waals surface area contributed by atoms with E-state index in [1.807, 2.05) is 12.1 Å². The Morgan fingerprint density at radius 2 is 1.91 bits per heavy atom. The molecule has 0 saturated carbocycles. The lowest BCUT2D eigenvalue weighted by atomic mass is 10.1. The second-order valence-corrected chi connectivity index (χ2v) is 4.44. The summed E-state index contributed by atoms with van der Waals surface area (Å²) in [5.41, 5.74) is 6.80. The van der Waals surface area contributed by atoms with Crippen LogP contribution < -0.4 is 16.4 Å². The maximum Gasteiger partial charge on any atom is 0.407 e. The van der Waals surface area contributed by atoms with Crippen LogP contribution in [0.1, 0.15) is 31.4 Å². The van der Waals surface area contributed by atoms with E-state index in [4.69, 9.17) is 10.5 Å². The van der Waals surface area contributed by atoms with Crippen molar-refractivity contribution in [3.63, 3.8) is 0 Å². The van der Waals surface area contributed by atoms with Crippen molar-refractivity contribution in [3.05, 3.63) is 30.1 Å². The number of pyridine rings is 1. The molecule has 9 heteroatoms. The highest BCUT2D eigenvalue weighted by Crippen LogP contribution is 2.08. The molecular weight excluding hydrogens is 363 g/mol. The van der Waals surface area contributed by atoms with Crippen LogP contribution in [0.25, 0.3) is 0 Å². The normalized spacial score (nSPS) is 10.3. The van der Waals surface area contributed by atoms with Crippen molar-refractivity contribution in [3.8, 4) is 0 Å². The highest BCUT2D eigenvalue weighted by atomic mass is 35.5. The molecule has 1 aromatic rings. The van der Waals surface area contributed by atoms with Crippen molar-refractivity contribution in [2.45, 2.75) is 25.8 Å². The van der Waals surface area contributed by atoms with Gasteiger partial charge < -0.3 is 21.1 Å². The molecule has 1 unspecified atom stereocenters. The van der Waals surface area contributed by atoms with Gasteiger partial charge in [0.25, 0.3) is 0 Å². The van der Waals surface area contributed by atoms with Crippen LogP contribution in [0.3, 0.4) is 0 Å². The Bertz CT molecular complexity index is 386. The minimum atomic E-state index is -0.367. The fraction of sp³-hybridized carbons (Fsp3) is 0.571. The molecule has 4 N–H and O–H groups in total. The van der Waals surface area contributed by atoms with Crippen molar-refractivity contribution in [2.75, 3.05) is 26.2 Å². The maximum atomic E-state index is 11.3. The van der Waals surface area contributed by atoms with Crippen LogP contribution in [-0.4, -0.2) is 37.3 Å². The van der Waals surface area contributed by atoms with E-state index < -0.39 is 0 Å². The third kappa shape index (κ3) is 12.3. The van der Waals surface area contributed by atoms with E-state index in [2.05, 4.69) is 22.5 Å². The zero-order valence-electron chi connectivity index (χ0n) is 13.2. The Morgan fingerprint density at radius 3 is 2.48 bits per heavy atom. The predicted octanol–water partition coefficient (Wildman–Crippen LogP) is 2.46. The fourth-order valence-corrected chi connectivity index (χ4v) is 1.73. The van der Waals surface area contributed by atoms with Gasteiger partial charge in [-0.3, -0.25) is 4.98 Å². The number of nitrogens with zero attached hydrogens (tertiary/aromatic N) is 1. The predicted molar refractivity (Wildman–Crippen MR) is 100 cm³/mol. The number of hydrogen-bond acceptors (Lipinski definition) is 5. The van der Waals surface area contributed by atoms with Crippen molar-refractivity contribution >= 4 is 43.3 Å². The Hall–Kier alpha value is -0.790. The Labute approximate surface area is 156 Å². The molecule has 1 amide bonds. The number of ether oxygens (including phenoxy) is 1. The molecule has 136 valence electrons. The van der Waals surface area contributed by atoms with Gasteiger partial charge in [-0.15, -0.1) is 37.2 Å². The van der Waals surface area contributed by atoms with Crippen molar-refractivity contribution in [2.24, 2.45) is 5.73 Å². The van der Waals surface area contributed by atoms with Crippen LogP contribution in [0.4, 0.5) is 4.79 Å². The first-order chi connectivity index (χ1) is 9.77. The lowest BCUT2D eigenvalue weighted by Crippen LogP contribution is -2.33. The summed E-state index contributed by atoms with van der Waals surface area (Å²) in [6.07, 6.45) is 5.11. The average molecular weight is 390 g/mol. The quantitative estimate of drug-likeness (QED) is 0.565. The van der Waals surface area contributed by atoms with E-state index in [-0.39, 0.29) is 49.4 Å². The molecule has 0 bridgehead atoms. The van der Waals surface area contributed by atoms with E-state index in [0.717, 1.165) is 18.4 Å². The van der Waals surface area contributed by atoms with Crippen LogP contribution in [0, 0.1) is 0 Å². The monoisotopic (exact) mass is 388 g/mol. The smallest absolute Gasteiger partial charge is 0.407 e. The van der Waals surface area contributed by atoms with E-state index in [1.54, 1.807) is 12.4 Å². The highest BCUT2D eigenvalue weighted by Gasteiger charge is 2.08. The third-order valence-corrected chi connectivity index (χ3v) is 2.87. The number of amides is 1. The minimum absolute atomic E-state index is 0. The Kier molecular flexibility index (Phi) is 20.7. The molecule has 0 radical (unpaired) electrons. The standard InChI is InChI=1S/C14H24N4O2.3ClH/c1-2-3-6-18-14(19)20-10-9-17-13(11-15)12-4-7-16-8-5-12;;;/h4-5,7-8,13,17H,2-3,6,9-11,15H2,1H3,(H,18,19);3*1H. The first-order valence-electron chi connectivity index (χ1n) is 7.02. The van der Waals surface area contributed by atoms with Crippen molar-refractivity contribution in [1.29, 1.82) is 0 Å². The number of aromatic nitrogens is 1. The summed E-state index contributed by atoms with van der Waals surface area (Å²) in [4.78, 5) is 15.3. The number of carbonyl (C=O) groups excluding carboxylic acids is 1. The number of alkyl carbamates (subject to hydrolysis) is 1. The van der Waals surface area contributed by atoms with Gasteiger partial charge in [0.2, 0.25) is 0 Å². The molecule has 1 atom stereocenters. The van der Waals surface area contributed by atoms with Gasteiger partial charge in [-0.25, -0.2) is 4.79 Å². The summed E-state index contributed by atoms with van der Waals surface area (Å²) in [5.74, 6) is 0. The second-order valence-electron chi connectivity index (χ2n) is 4.44. The number of nitrogens with one attached hydrogen (secondary N) is 2. The average Bonchev–Trinajstić information content (AvgIpc) is 2.48. The Balaban J connectivity index is -0.00000133. The zero-order chi connectivity index (χ0) is 14.6. The van der Waals surface area contributed by atoms with Crippen LogP contribution in [-0.2, 0) is 4.74 Å². The molecular formula is C14H27Cl3N4O2. The van der Waals surface area contributed by atoms with Crippen LogP contribution in [0.2, 0.25) is 0 Å². The summed E-state index contributed by atoms with van der Waals surface area (Å²) in [5, 5.41) is 5.95. The molecule has 0 aliphatic rings. The summed E-state index contributed by atoms with van der Waals surface area (Å²) < 4.78 is 5.05. The summed E-state index contributed by atoms with van der Waals surface area (Å²) in [6, 6.07) is 3.89. The summed E-state index contributed by atoms with van der Waals surface area (Å²) in [7, 11) is 0. The van der Waals surface area contributed by atoms with Gasteiger partial charge in [0.15, 0.2) is 0 Å². The van der Waals surface area contributed by atoms with E-state index >= 15 is 0 Å². The zero-order valence-corrected chi connectivity index (χ0v) is 15.6. The first kappa shape index (κ1) is 27.1. The molecule has 0 aliphatic carbocycles. The molecule has 0 saturated heterocycles. The molecule has 6 nitrogen and oxygen atoms in total. The van der Waals surface area contributed by atoms with Gasteiger partial charge in [0, 0.05) is 38.1 Å². The van der Waals surface area contributed by atoms with E-state index in [9.17, 15) is 4.79 Å². The molecule has 1 rings (SSSR count). The van der Waals surface area contributed by atoms with Crippen LogP contribution >= 0.6 is 37.2 Å². The van der Waals surface area contributed by atoms with Gasteiger partial charge in [-0.1, -0.05) is 13.3 Å². The highest BCUT2D eigenvalue weighted by molar-refractivity contribution is 5.86. The molecule has 1 heterocycles. The maximum absolute atomic E-state index is 11.3. The number of halogens is 3. The molecule has 0 aromatic carbocycles. The summed E-state index contributed by atoms with van der Waals surface area (Å²) in [6.45, 7) is 4.09. The number of carbonyl (C=O) groups is 1. The van der Waals surface area contributed by atoms with Crippen molar-refractivity contribution < 1.29 is 9.53 Å². The number of unbranched alkanes of at least 4 members (excludes halogenated alkanes) is 1. The molecule has 0 fully saturated rings. The summed E-state index contributed by atoms with van der Waals surface area (Å²) >= 11 is 0. The second kappa shape index (κ2) is 17.6. The minimum Gasteiger partial charge on any atom is -0.448 e. The van der Waals surface area contributed by atoms with Gasteiger partial charge in [0.1, 0.15) is 6.61 Å². The molecule has 0 spiro atoms. The first-order valence-corrected chi connectivity index (χ1v) is 7.02. The van der Waals surface area contributed by atoms with Gasteiger partial charge in [0.05, 0.1) is 0 Å². The lowest BCUT2D eigenvalue weighted by Gasteiger charge is -2.17. The number of hydrogen-bond donors (Lipinski definition) is 3. The van der Waals surface area contributed by atoms with Crippen molar-refractivity contribution in [1.82, 2.24) is 15.6 Å². The Morgan fingerprint density at radius 1 is 1.26 bits per heavy atom. The number of nitrogens with two attached hydrogens (primary N) is 1. The van der Waals surface area contributed by atoms with Gasteiger partial charge in [-0.2, -0.15) is 0 Å².